The Hall–Kier alpha value is -1.85. The van der Waals surface area contributed by atoms with Crippen LogP contribution in [0.2, 0.25) is 0 Å². The summed E-state index contributed by atoms with van der Waals surface area (Å²) in [5.74, 6) is -6.09. The number of hydrogen-bond donors (Lipinski definition) is 1. The van der Waals surface area contributed by atoms with Crippen molar-refractivity contribution in [2.24, 2.45) is 11.8 Å². The summed E-state index contributed by atoms with van der Waals surface area (Å²) in [6.45, 7) is 3.51. The molecule has 2 atom stereocenters. The van der Waals surface area contributed by atoms with Crippen LogP contribution in [0.3, 0.4) is 0 Å². The monoisotopic (exact) mass is 285 g/mol. The largest absolute Gasteiger partial charge is 0.296 e. The van der Waals surface area contributed by atoms with Crippen LogP contribution in [0.25, 0.3) is 0 Å². The summed E-state index contributed by atoms with van der Waals surface area (Å²) in [7, 11) is 0. The summed E-state index contributed by atoms with van der Waals surface area (Å²) in [4.78, 5) is 23.3. The SMILES string of the molecule is CC(C)C1C(=O)NC(=O)CC1c1cc(F)c(F)cc1F. The van der Waals surface area contributed by atoms with Gasteiger partial charge in [0.2, 0.25) is 11.8 Å². The minimum atomic E-state index is -1.29. The molecule has 20 heavy (non-hydrogen) atoms. The normalized spacial score (nSPS) is 23.1. The predicted molar refractivity (Wildman–Crippen MR) is 65.2 cm³/mol. The van der Waals surface area contributed by atoms with Crippen molar-refractivity contribution in [3.8, 4) is 0 Å². The van der Waals surface area contributed by atoms with Gasteiger partial charge in [-0.3, -0.25) is 14.9 Å². The average molecular weight is 285 g/mol. The number of rotatable bonds is 2. The molecular weight excluding hydrogens is 271 g/mol. The zero-order chi connectivity index (χ0) is 15.0. The van der Waals surface area contributed by atoms with Gasteiger partial charge in [0, 0.05) is 24.3 Å². The lowest BCUT2D eigenvalue weighted by Gasteiger charge is -2.33. The highest BCUT2D eigenvalue weighted by Crippen LogP contribution is 2.37. The molecule has 3 nitrogen and oxygen atoms in total. The van der Waals surface area contributed by atoms with Crippen LogP contribution in [0.5, 0.6) is 0 Å². The van der Waals surface area contributed by atoms with Crippen LogP contribution >= 0.6 is 0 Å². The zero-order valence-corrected chi connectivity index (χ0v) is 11.0. The quantitative estimate of drug-likeness (QED) is 0.670. The van der Waals surface area contributed by atoms with Crippen molar-refractivity contribution in [3.05, 3.63) is 35.1 Å². The number of nitrogens with one attached hydrogen (secondary N) is 1. The lowest BCUT2D eigenvalue weighted by Crippen LogP contribution is -2.47. The first kappa shape index (κ1) is 14.6. The Morgan fingerprint density at radius 2 is 1.70 bits per heavy atom. The molecule has 0 bridgehead atoms. The van der Waals surface area contributed by atoms with Crippen LogP contribution in [0.15, 0.2) is 12.1 Å². The lowest BCUT2D eigenvalue weighted by atomic mass is 9.74. The Labute approximate surface area is 114 Å². The molecule has 2 rings (SSSR count). The Kier molecular flexibility index (Phi) is 3.83. The maximum absolute atomic E-state index is 13.9. The summed E-state index contributed by atoms with van der Waals surface area (Å²) in [5.41, 5.74) is -0.134. The number of piperidine rings is 1. The topological polar surface area (TPSA) is 46.2 Å². The van der Waals surface area contributed by atoms with Crippen molar-refractivity contribution >= 4 is 11.8 Å². The number of carbonyl (C=O) groups is 2. The van der Waals surface area contributed by atoms with E-state index in [0.29, 0.717) is 6.07 Å². The Bertz CT molecular complexity index is 572. The van der Waals surface area contributed by atoms with Crippen LogP contribution in [-0.4, -0.2) is 11.8 Å². The molecule has 1 saturated heterocycles. The molecule has 0 aromatic heterocycles. The van der Waals surface area contributed by atoms with Gasteiger partial charge in [0.05, 0.1) is 0 Å². The summed E-state index contributed by atoms with van der Waals surface area (Å²) in [5, 5.41) is 2.19. The van der Waals surface area contributed by atoms with E-state index in [1.54, 1.807) is 13.8 Å². The molecule has 1 fully saturated rings. The van der Waals surface area contributed by atoms with Crippen molar-refractivity contribution in [1.82, 2.24) is 5.32 Å². The molecule has 1 aliphatic heterocycles. The molecule has 6 heteroatoms. The number of hydrogen-bond acceptors (Lipinski definition) is 2. The van der Waals surface area contributed by atoms with Gasteiger partial charge >= 0.3 is 0 Å². The maximum atomic E-state index is 13.9. The van der Waals surface area contributed by atoms with E-state index < -0.39 is 41.1 Å². The fourth-order valence-corrected chi connectivity index (χ4v) is 2.67. The highest BCUT2D eigenvalue weighted by molar-refractivity contribution is 6.00. The van der Waals surface area contributed by atoms with Gasteiger partial charge in [-0.1, -0.05) is 13.8 Å². The molecular formula is C14H14F3NO2. The van der Waals surface area contributed by atoms with Crippen molar-refractivity contribution < 1.29 is 22.8 Å². The van der Waals surface area contributed by atoms with E-state index in [4.69, 9.17) is 0 Å². The standard InChI is InChI=1S/C14H14F3NO2/c1-6(2)13-8(4-12(19)18-14(13)20)7-3-10(16)11(17)5-9(7)15/h3,5-6,8,13H,4H2,1-2H3,(H,18,19,20). The second-order valence-corrected chi connectivity index (χ2v) is 5.28. The number of halogens is 3. The molecule has 1 aromatic rings. The van der Waals surface area contributed by atoms with E-state index in [2.05, 4.69) is 5.32 Å². The van der Waals surface area contributed by atoms with E-state index in [0.717, 1.165) is 6.07 Å². The third-order valence-corrected chi connectivity index (χ3v) is 3.56. The van der Waals surface area contributed by atoms with E-state index >= 15 is 0 Å². The van der Waals surface area contributed by atoms with Crippen LogP contribution in [0, 0.1) is 29.3 Å². The average Bonchev–Trinajstić information content (AvgIpc) is 2.32. The van der Waals surface area contributed by atoms with E-state index in [1.165, 1.54) is 0 Å². The van der Waals surface area contributed by atoms with E-state index in [9.17, 15) is 22.8 Å². The van der Waals surface area contributed by atoms with Gasteiger partial charge in [0.15, 0.2) is 11.6 Å². The molecule has 1 aliphatic rings. The fourth-order valence-electron chi connectivity index (χ4n) is 2.67. The van der Waals surface area contributed by atoms with Crippen molar-refractivity contribution in [2.75, 3.05) is 0 Å². The Morgan fingerprint density at radius 1 is 1.10 bits per heavy atom. The van der Waals surface area contributed by atoms with E-state index in [1.807, 2.05) is 0 Å². The summed E-state index contributed by atoms with van der Waals surface area (Å²) >= 11 is 0. The van der Waals surface area contributed by atoms with Gasteiger partial charge in [-0.15, -0.1) is 0 Å². The molecule has 2 unspecified atom stereocenters. The second kappa shape index (κ2) is 5.26. The smallest absolute Gasteiger partial charge is 0.230 e. The second-order valence-electron chi connectivity index (χ2n) is 5.28. The molecule has 2 amide bonds. The number of imide groups is 1. The third-order valence-electron chi connectivity index (χ3n) is 3.56. The first-order valence-electron chi connectivity index (χ1n) is 6.29. The Morgan fingerprint density at radius 3 is 2.30 bits per heavy atom. The fraction of sp³-hybridized carbons (Fsp3) is 0.429. The highest BCUT2D eigenvalue weighted by atomic mass is 19.2. The molecule has 0 saturated carbocycles. The molecule has 1 heterocycles. The van der Waals surface area contributed by atoms with E-state index in [-0.39, 0.29) is 17.9 Å². The highest BCUT2D eigenvalue weighted by Gasteiger charge is 2.40. The van der Waals surface area contributed by atoms with Crippen LogP contribution < -0.4 is 5.32 Å². The molecule has 0 aliphatic carbocycles. The predicted octanol–water partition coefficient (Wildman–Crippen LogP) is 2.51. The minimum Gasteiger partial charge on any atom is -0.296 e. The summed E-state index contributed by atoms with van der Waals surface area (Å²) in [6, 6.07) is 1.18. The Balaban J connectivity index is 2.49. The van der Waals surface area contributed by atoms with Crippen LogP contribution in [-0.2, 0) is 9.59 Å². The molecule has 1 N–H and O–H groups in total. The van der Waals surface area contributed by atoms with Gasteiger partial charge in [0.1, 0.15) is 5.82 Å². The molecule has 108 valence electrons. The first-order chi connectivity index (χ1) is 9.31. The lowest BCUT2D eigenvalue weighted by molar-refractivity contribution is -0.138. The van der Waals surface area contributed by atoms with Gasteiger partial charge in [-0.25, -0.2) is 13.2 Å². The van der Waals surface area contributed by atoms with Gasteiger partial charge in [0.25, 0.3) is 0 Å². The van der Waals surface area contributed by atoms with Crippen molar-refractivity contribution in [1.29, 1.82) is 0 Å². The van der Waals surface area contributed by atoms with Crippen LogP contribution in [0.1, 0.15) is 31.7 Å². The third kappa shape index (κ3) is 2.55. The number of benzene rings is 1. The molecule has 1 aromatic carbocycles. The maximum Gasteiger partial charge on any atom is 0.230 e. The number of amides is 2. The van der Waals surface area contributed by atoms with Crippen molar-refractivity contribution in [3.63, 3.8) is 0 Å². The first-order valence-corrected chi connectivity index (χ1v) is 6.29. The van der Waals surface area contributed by atoms with Crippen LogP contribution in [0.4, 0.5) is 13.2 Å². The zero-order valence-electron chi connectivity index (χ0n) is 11.0. The van der Waals surface area contributed by atoms with Gasteiger partial charge in [-0.2, -0.15) is 0 Å². The summed E-state index contributed by atoms with van der Waals surface area (Å²) < 4.78 is 40.1. The number of carbonyl (C=O) groups excluding carboxylic acids is 2. The van der Waals surface area contributed by atoms with Crippen molar-refractivity contribution in [2.45, 2.75) is 26.2 Å². The minimum absolute atomic E-state index is 0.128. The van der Waals surface area contributed by atoms with Gasteiger partial charge in [-0.05, 0) is 17.5 Å². The van der Waals surface area contributed by atoms with Gasteiger partial charge < -0.3 is 0 Å². The summed E-state index contributed by atoms with van der Waals surface area (Å²) in [6.07, 6.45) is -0.128. The molecule has 0 spiro atoms. The molecule has 0 radical (unpaired) electrons.